The van der Waals surface area contributed by atoms with Crippen molar-refractivity contribution in [2.24, 2.45) is 0 Å². The van der Waals surface area contributed by atoms with Crippen molar-refractivity contribution in [1.82, 2.24) is 0 Å². The topological polar surface area (TPSA) is 57.9 Å². The molecule has 0 fully saturated rings. The zero-order chi connectivity index (χ0) is 17.4. The van der Waals surface area contributed by atoms with Gasteiger partial charge >= 0.3 is 14.4 Å². The van der Waals surface area contributed by atoms with E-state index in [9.17, 15) is 4.79 Å². The Morgan fingerprint density at radius 3 is 2.21 bits per heavy atom. The predicted molar refractivity (Wildman–Crippen MR) is 96.2 cm³/mol. The van der Waals surface area contributed by atoms with Gasteiger partial charge in [-0.2, -0.15) is 0 Å². The van der Waals surface area contributed by atoms with E-state index < -0.39 is 8.80 Å². The number of hydrogen-bond acceptors (Lipinski definition) is 5. The molecule has 0 saturated carbocycles. The summed E-state index contributed by atoms with van der Waals surface area (Å²) in [5.74, 6) is 0. The molecule has 0 atom stereocenters. The summed E-state index contributed by atoms with van der Waals surface area (Å²) in [6.07, 6.45) is 1.76. The summed E-state index contributed by atoms with van der Waals surface area (Å²) in [5, 5.41) is 0.931. The molecule has 0 unspecified atom stereocenters. The molecule has 24 heavy (non-hydrogen) atoms. The molecule has 0 spiro atoms. The number of rotatable bonds is 10. The molecular formula is C18H26O5Si. The average molecular weight is 350 g/mol. The van der Waals surface area contributed by atoms with Crippen molar-refractivity contribution >= 4 is 19.8 Å². The van der Waals surface area contributed by atoms with Crippen LogP contribution in [0.3, 0.4) is 0 Å². The molecule has 1 aromatic heterocycles. The zero-order valence-electron chi connectivity index (χ0n) is 14.7. The molecular weight excluding hydrogens is 324 g/mol. The van der Waals surface area contributed by atoms with Crippen LogP contribution < -0.4 is 5.63 Å². The molecule has 1 heterocycles. The van der Waals surface area contributed by atoms with Gasteiger partial charge in [0.05, 0.1) is 0 Å². The van der Waals surface area contributed by atoms with E-state index in [2.05, 4.69) is 6.07 Å². The van der Waals surface area contributed by atoms with Gasteiger partial charge in [0.1, 0.15) is 5.58 Å². The quantitative estimate of drug-likeness (QED) is 0.482. The molecule has 0 bridgehead atoms. The summed E-state index contributed by atoms with van der Waals surface area (Å²) in [5.41, 5.74) is 1.43. The van der Waals surface area contributed by atoms with Gasteiger partial charge in [0, 0.05) is 37.3 Å². The van der Waals surface area contributed by atoms with Crippen LogP contribution in [0.15, 0.2) is 39.5 Å². The maximum absolute atomic E-state index is 11.3. The summed E-state index contributed by atoms with van der Waals surface area (Å²) in [6, 6.07) is 9.97. The molecule has 2 rings (SSSR count). The lowest BCUT2D eigenvalue weighted by atomic mass is 10.1. The molecule has 0 saturated heterocycles. The highest BCUT2D eigenvalue weighted by Gasteiger charge is 2.39. The minimum atomic E-state index is -2.59. The molecule has 0 aliphatic heterocycles. The summed E-state index contributed by atoms with van der Waals surface area (Å²) in [4.78, 5) is 11.3. The lowest BCUT2D eigenvalue weighted by molar-refractivity contribution is 0.0708. The minimum absolute atomic E-state index is 0.324. The maximum atomic E-state index is 11.3. The van der Waals surface area contributed by atoms with Crippen molar-refractivity contribution in [3.8, 4) is 0 Å². The number of fused-ring (bicyclic) bond motifs is 1. The summed E-state index contributed by atoms with van der Waals surface area (Å²) in [6.45, 7) is 7.66. The Morgan fingerprint density at radius 2 is 1.58 bits per heavy atom. The van der Waals surface area contributed by atoms with Crippen molar-refractivity contribution in [2.45, 2.75) is 39.7 Å². The fourth-order valence-corrected chi connectivity index (χ4v) is 5.38. The van der Waals surface area contributed by atoms with Crippen LogP contribution >= 0.6 is 0 Å². The normalized spacial score (nSPS) is 12.0. The largest absolute Gasteiger partial charge is 0.500 e. The second-order valence-corrected chi connectivity index (χ2v) is 8.19. The van der Waals surface area contributed by atoms with Crippen LogP contribution in [0.4, 0.5) is 0 Å². The van der Waals surface area contributed by atoms with E-state index in [-0.39, 0.29) is 5.63 Å². The summed E-state index contributed by atoms with van der Waals surface area (Å²) < 4.78 is 22.9. The van der Waals surface area contributed by atoms with Gasteiger partial charge in [0.2, 0.25) is 0 Å². The van der Waals surface area contributed by atoms with Crippen LogP contribution in [0.25, 0.3) is 11.0 Å². The molecule has 5 nitrogen and oxygen atoms in total. The minimum Gasteiger partial charge on any atom is -0.423 e. The van der Waals surface area contributed by atoms with Crippen LogP contribution in [0.2, 0.25) is 6.04 Å². The molecule has 0 aliphatic rings. The van der Waals surface area contributed by atoms with Gasteiger partial charge in [-0.25, -0.2) is 4.79 Å². The molecule has 0 amide bonds. The molecule has 1 aromatic carbocycles. The number of benzene rings is 1. The van der Waals surface area contributed by atoms with E-state index in [1.807, 2.05) is 32.9 Å². The van der Waals surface area contributed by atoms with E-state index in [1.54, 1.807) is 6.07 Å². The standard InChI is InChI=1S/C18H26O5Si/c1-4-20-24(21-5-2,22-6-3)13-7-8-15-9-10-16-11-12-18(19)23-17(16)14-15/h9-12,14H,4-8,13H2,1-3H3. The highest BCUT2D eigenvalue weighted by atomic mass is 28.4. The van der Waals surface area contributed by atoms with Gasteiger partial charge in [-0.05, 0) is 51.3 Å². The molecule has 0 aliphatic carbocycles. The first-order valence-electron chi connectivity index (χ1n) is 8.57. The Balaban J connectivity index is 2.04. The van der Waals surface area contributed by atoms with Gasteiger partial charge in [0.15, 0.2) is 0 Å². The Bertz CT molecular complexity index is 680. The van der Waals surface area contributed by atoms with Crippen LogP contribution in [-0.4, -0.2) is 28.6 Å². The monoisotopic (exact) mass is 350 g/mol. The predicted octanol–water partition coefficient (Wildman–Crippen LogP) is 3.77. The zero-order valence-corrected chi connectivity index (χ0v) is 15.7. The van der Waals surface area contributed by atoms with Crippen molar-refractivity contribution in [3.63, 3.8) is 0 Å². The smallest absolute Gasteiger partial charge is 0.423 e. The van der Waals surface area contributed by atoms with E-state index in [4.69, 9.17) is 17.7 Å². The lowest BCUT2D eigenvalue weighted by Crippen LogP contribution is -2.46. The van der Waals surface area contributed by atoms with E-state index in [0.29, 0.717) is 25.4 Å². The Hall–Kier alpha value is -1.47. The Kier molecular flexibility index (Phi) is 7.17. The van der Waals surface area contributed by atoms with E-state index in [1.165, 1.54) is 6.07 Å². The van der Waals surface area contributed by atoms with Gasteiger partial charge in [-0.3, -0.25) is 0 Å². The van der Waals surface area contributed by atoms with Crippen molar-refractivity contribution in [1.29, 1.82) is 0 Å². The Labute approximate surface area is 143 Å². The molecule has 0 N–H and O–H groups in total. The van der Waals surface area contributed by atoms with Gasteiger partial charge < -0.3 is 17.7 Å². The first-order valence-corrected chi connectivity index (χ1v) is 10.5. The summed E-state index contributed by atoms with van der Waals surface area (Å²) in [7, 11) is -2.59. The third-order valence-corrected chi connectivity index (χ3v) is 6.88. The van der Waals surface area contributed by atoms with Crippen LogP contribution in [0, 0.1) is 0 Å². The van der Waals surface area contributed by atoms with Gasteiger partial charge in [0.25, 0.3) is 0 Å². The summed E-state index contributed by atoms with van der Waals surface area (Å²) >= 11 is 0. The average Bonchev–Trinajstić information content (AvgIpc) is 2.55. The fourth-order valence-electron chi connectivity index (χ4n) is 2.77. The maximum Gasteiger partial charge on any atom is 0.500 e. The molecule has 132 valence electrons. The molecule has 0 radical (unpaired) electrons. The van der Waals surface area contributed by atoms with E-state index in [0.717, 1.165) is 29.8 Å². The third kappa shape index (κ3) is 5.01. The van der Waals surface area contributed by atoms with Crippen LogP contribution in [-0.2, 0) is 19.7 Å². The number of hydrogen-bond donors (Lipinski definition) is 0. The van der Waals surface area contributed by atoms with Crippen molar-refractivity contribution < 1.29 is 17.7 Å². The molecule has 6 heteroatoms. The van der Waals surface area contributed by atoms with Crippen molar-refractivity contribution in [2.75, 3.05) is 19.8 Å². The SMILES string of the molecule is CCO[Si](CCCc1ccc2ccc(=O)oc2c1)(OCC)OCC. The highest BCUT2D eigenvalue weighted by Crippen LogP contribution is 2.21. The first kappa shape index (κ1) is 18.9. The van der Waals surface area contributed by atoms with Gasteiger partial charge in [-0.1, -0.05) is 12.1 Å². The third-order valence-electron chi connectivity index (χ3n) is 3.73. The van der Waals surface area contributed by atoms with Gasteiger partial charge in [-0.15, -0.1) is 0 Å². The molecule has 2 aromatic rings. The second kappa shape index (κ2) is 9.13. The van der Waals surface area contributed by atoms with Crippen LogP contribution in [0.1, 0.15) is 32.8 Å². The first-order chi connectivity index (χ1) is 11.6. The fraction of sp³-hybridized carbons (Fsp3) is 0.500. The Morgan fingerprint density at radius 1 is 0.958 bits per heavy atom. The van der Waals surface area contributed by atoms with E-state index >= 15 is 0 Å². The lowest BCUT2D eigenvalue weighted by Gasteiger charge is -2.28. The van der Waals surface area contributed by atoms with Crippen LogP contribution in [0.5, 0.6) is 0 Å². The number of aryl methyl sites for hydroxylation is 1. The second-order valence-electron chi connectivity index (χ2n) is 5.46. The highest BCUT2D eigenvalue weighted by molar-refractivity contribution is 6.60. The van der Waals surface area contributed by atoms with Crippen molar-refractivity contribution in [3.05, 3.63) is 46.3 Å².